The largest absolute Gasteiger partial charge is 0.480 e. The van der Waals surface area contributed by atoms with Gasteiger partial charge in [-0.3, -0.25) is 4.68 Å². The second-order valence-corrected chi connectivity index (χ2v) is 11.3. The molecule has 0 unspecified atom stereocenters. The van der Waals surface area contributed by atoms with Gasteiger partial charge in [-0.15, -0.1) is 0 Å². The summed E-state index contributed by atoms with van der Waals surface area (Å²) in [5.74, 6) is -1.77. The van der Waals surface area contributed by atoms with Crippen molar-refractivity contribution in [3.8, 4) is 28.7 Å². The summed E-state index contributed by atoms with van der Waals surface area (Å²) in [7, 11) is 1.85. The summed E-state index contributed by atoms with van der Waals surface area (Å²) in [6.45, 7) is 4.11. The molecule has 0 amide bonds. The molecule has 3 aliphatic rings. The van der Waals surface area contributed by atoms with Gasteiger partial charge in [0.1, 0.15) is 23.4 Å². The van der Waals surface area contributed by atoms with Crippen molar-refractivity contribution in [3.05, 3.63) is 48.7 Å². The molecule has 4 aromatic rings. The number of nitrogens with one attached hydrogen (secondary N) is 1. The summed E-state index contributed by atoms with van der Waals surface area (Å²) >= 11 is 0. The van der Waals surface area contributed by atoms with Crippen molar-refractivity contribution in [2.45, 2.75) is 43.6 Å². The second kappa shape index (κ2) is 11.3. The number of alkyl halides is 2. The first-order chi connectivity index (χ1) is 21.7. The first-order valence-corrected chi connectivity index (χ1v) is 14.5. The normalized spacial score (nSPS) is 22.6. The van der Waals surface area contributed by atoms with Gasteiger partial charge in [-0.25, -0.2) is 23.5 Å². The number of carboxylic acids is 1. The van der Waals surface area contributed by atoms with Gasteiger partial charge in [0.2, 0.25) is 17.7 Å². The number of pyridine rings is 1. The van der Waals surface area contributed by atoms with Crippen LogP contribution in [0.3, 0.4) is 0 Å². The number of hydrogen-bond donors (Lipinski definition) is 2. The summed E-state index contributed by atoms with van der Waals surface area (Å²) in [5, 5.41) is 14.4. The van der Waals surface area contributed by atoms with E-state index in [1.54, 1.807) is 35.4 Å². The van der Waals surface area contributed by atoms with E-state index in [-0.39, 0.29) is 30.8 Å². The van der Waals surface area contributed by atoms with Crippen LogP contribution in [0.25, 0.3) is 22.8 Å². The molecule has 3 aliphatic heterocycles. The molecule has 14 nitrogen and oxygen atoms in total. The number of aliphatic carboxylic acids is 1. The molecular weight excluding hydrogens is 592 g/mol. The van der Waals surface area contributed by atoms with E-state index in [2.05, 4.69) is 36.9 Å². The standard InChI is InChI=1S/C29H31F2N9O5/c1-16-29(14-43-15-29)44-9-8-39(16)21-10-17(20-5-7-34-38(20)2)12-33-26(21)45-18-11-22(27(41)42)40(13-18)28-36-24(19-4-3-6-32-19)35-25(37-28)23(30)31/h3-7,10,12,16,18,22-23,32H,8-9,11,13-15H2,1-2H3,(H,41,42)/t16-,18-,22-/m0/s1. The zero-order valence-corrected chi connectivity index (χ0v) is 24.5. The molecule has 2 N–H and O–H groups in total. The van der Waals surface area contributed by atoms with Crippen LogP contribution >= 0.6 is 0 Å². The number of hydrogen-bond acceptors (Lipinski definition) is 11. The fraction of sp³-hybridized carbons (Fsp3) is 0.448. The quantitative estimate of drug-likeness (QED) is 0.296. The lowest BCUT2D eigenvalue weighted by molar-refractivity contribution is -0.228. The lowest BCUT2D eigenvalue weighted by atomic mass is 9.90. The van der Waals surface area contributed by atoms with Crippen LogP contribution in [-0.2, 0) is 21.3 Å². The highest BCUT2D eigenvalue weighted by Gasteiger charge is 2.50. The van der Waals surface area contributed by atoms with Crippen molar-refractivity contribution in [3.63, 3.8) is 0 Å². The van der Waals surface area contributed by atoms with Crippen LogP contribution in [0.5, 0.6) is 5.88 Å². The number of H-pyrrole nitrogens is 1. The molecule has 0 aliphatic carbocycles. The van der Waals surface area contributed by atoms with Crippen LogP contribution < -0.4 is 14.5 Å². The number of morpholine rings is 1. The Labute approximate surface area is 256 Å². The van der Waals surface area contributed by atoms with E-state index in [1.807, 2.05) is 19.2 Å². The third-order valence-corrected chi connectivity index (χ3v) is 8.66. The van der Waals surface area contributed by atoms with Gasteiger partial charge in [-0.05, 0) is 31.2 Å². The molecule has 0 saturated carbocycles. The fourth-order valence-electron chi connectivity index (χ4n) is 6.13. The Hall–Kier alpha value is -4.70. The molecule has 4 aromatic heterocycles. The Balaban J connectivity index is 1.22. The summed E-state index contributed by atoms with van der Waals surface area (Å²) in [6, 6.07) is 5.99. The highest BCUT2D eigenvalue weighted by molar-refractivity contribution is 5.78. The maximum Gasteiger partial charge on any atom is 0.326 e. The highest BCUT2D eigenvalue weighted by Crippen LogP contribution is 2.40. The van der Waals surface area contributed by atoms with Crippen LogP contribution in [0.2, 0.25) is 0 Å². The monoisotopic (exact) mass is 623 g/mol. The van der Waals surface area contributed by atoms with E-state index in [9.17, 15) is 18.7 Å². The molecule has 3 atom stereocenters. The molecule has 3 saturated heterocycles. The first-order valence-electron chi connectivity index (χ1n) is 14.5. The highest BCUT2D eigenvalue weighted by atomic mass is 19.3. The van der Waals surface area contributed by atoms with Gasteiger partial charge >= 0.3 is 5.97 Å². The summed E-state index contributed by atoms with van der Waals surface area (Å²) in [5.41, 5.74) is 2.35. The number of halogens is 2. The van der Waals surface area contributed by atoms with Crippen LogP contribution in [0, 0.1) is 0 Å². The smallest absolute Gasteiger partial charge is 0.326 e. The molecule has 0 bridgehead atoms. The Morgan fingerprint density at radius 3 is 2.73 bits per heavy atom. The van der Waals surface area contributed by atoms with E-state index in [4.69, 9.17) is 19.2 Å². The lowest BCUT2D eigenvalue weighted by Crippen LogP contribution is -2.68. The van der Waals surface area contributed by atoms with Crippen molar-refractivity contribution in [2.24, 2.45) is 7.05 Å². The predicted molar refractivity (Wildman–Crippen MR) is 155 cm³/mol. The minimum absolute atomic E-state index is 0.0151. The van der Waals surface area contributed by atoms with E-state index in [0.717, 1.165) is 16.9 Å². The molecule has 7 heterocycles. The Morgan fingerprint density at radius 2 is 2.07 bits per heavy atom. The third kappa shape index (κ3) is 5.22. The molecule has 0 radical (unpaired) electrons. The average Bonchev–Trinajstić information content (AvgIpc) is 3.78. The van der Waals surface area contributed by atoms with Crippen LogP contribution in [0.4, 0.5) is 20.4 Å². The number of carbonyl (C=O) groups is 1. The zero-order valence-electron chi connectivity index (χ0n) is 24.5. The summed E-state index contributed by atoms with van der Waals surface area (Å²) < 4.78 is 47.5. The number of rotatable bonds is 8. The van der Waals surface area contributed by atoms with Crippen LogP contribution in [0.1, 0.15) is 25.6 Å². The second-order valence-electron chi connectivity index (χ2n) is 11.3. The average molecular weight is 624 g/mol. The Bertz CT molecular complexity index is 1700. The molecule has 16 heteroatoms. The van der Waals surface area contributed by atoms with Gasteiger partial charge in [0.15, 0.2) is 5.82 Å². The molecule has 236 valence electrons. The molecule has 1 spiro atoms. The zero-order chi connectivity index (χ0) is 31.3. The van der Waals surface area contributed by atoms with Gasteiger partial charge in [-0.2, -0.15) is 15.1 Å². The minimum Gasteiger partial charge on any atom is -0.480 e. The van der Waals surface area contributed by atoms with Crippen LogP contribution in [-0.4, -0.2) is 102 Å². The summed E-state index contributed by atoms with van der Waals surface area (Å²) in [4.78, 5) is 35.7. The van der Waals surface area contributed by atoms with Gasteiger partial charge < -0.3 is 34.1 Å². The molecule has 45 heavy (non-hydrogen) atoms. The van der Waals surface area contributed by atoms with Crippen molar-refractivity contribution in [2.75, 3.05) is 42.7 Å². The number of nitrogens with zero attached hydrogens (tertiary/aromatic N) is 8. The number of carboxylic acid groups (broad SMARTS) is 1. The molecule has 3 fully saturated rings. The van der Waals surface area contributed by atoms with E-state index >= 15 is 0 Å². The van der Waals surface area contributed by atoms with Crippen molar-refractivity contribution in [1.82, 2.24) is 34.7 Å². The van der Waals surface area contributed by atoms with E-state index in [1.165, 1.54) is 4.90 Å². The van der Waals surface area contributed by atoms with Gasteiger partial charge in [0.25, 0.3) is 6.43 Å². The molecule has 0 aromatic carbocycles. The van der Waals surface area contributed by atoms with Crippen molar-refractivity contribution < 1.29 is 32.9 Å². The summed E-state index contributed by atoms with van der Waals surface area (Å²) in [6.07, 6.45) is 1.40. The predicted octanol–water partition coefficient (Wildman–Crippen LogP) is 2.70. The number of aromatic amines is 1. The van der Waals surface area contributed by atoms with Crippen LogP contribution in [0.15, 0.2) is 42.9 Å². The lowest BCUT2D eigenvalue weighted by Gasteiger charge is -2.53. The first kappa shape index (κ1) is 29.0. The topological polar surface area (TPSA) is 157 Å². The Morgan fingerprint density at radius 1 is 1.22 bits per heavy atom. The maximum absolute atomic E-state index is 13.8. The molecule has 7 rings (SSSR count). The van der Waals surface area contributed by atoms with E-state index < -0.39 is 36.0 Å². The molecular formula is C29H31F2N9O5. The van der Waals surface area contributed by atoms with E-state index in [0.29, 0.717) is 37.9 Å². The number of aryl methyl sites for hydroxylation is 1. The van der Waals surface area contributed by atoms with Gasteiger partial charge in [-0.1, -0.05) is 0 Å². The van der Waals surface area contributed by atoms with Crippen molar-refractivity contribution >= 4 is 17.6 Å². The van der Waals surface area contributed by atoms with Gasteiger partial charge in [0, 0.05) is 44.2 Å². The number of ether oxygens (including phenoxy) is 3. The SMILES string of the molecule is C[C@@H]1N(c2cc(-c3ccnn3C)cnc2O[C@H]2C[C@@H](C(=O)O)N(c3nc(-c4ccc[nH]4)nc(C(F)F)n3)C2)CCOC12COC2. The Kier molecular flexibility index (Phi) is 7.32. The van der Waals surface area contributed by atoms with Gasteiger partial charge in [0.05, 0.1) is 43.8 Å². The number of anilines is 2. The minimum atomic E-state index is -2.98. The maximum atomic E-state index is 13.8. The van der Waals surface area contributed by atoms with Crippen molar-refractivity contribution in [1.29, 1.82) is 0 Å². The fourth-order valence-corrected chi connectivity index (χ4v) is 6.13. The third-order valence-electron chi connectivity index (χ3n) is 8.66. The number of aromatic nitrogens is 7.